The fraction of sp³-hybridized carbons (Fsp3) is 0.150. The number of hydrogen-bond acceptors (Lipinski definition) is 3. The van der Waals surface area contributed by atoms with Gasteiger partial charge in [0.05, 0.1) is 17.6 Å². The van der Waals surface area contributed by atoms with E-state index >= 15 is 0 Å². The summed E-state index contributed by atoms with van der Waals surface area (Å²) < 4.78 is 1.70. The van der Waals surface area contributed by atoms with Crippen molar-refractivity contribution in [1.82, 2.24) is 9.78 Å². The van der Waals surface area contributed by atoms with Crippen LogP contribution in [0.2, 0.25) is 10.0 Å². The highest BCUT2D eigenvalue weighted by Gasteiger charge is 2.27. The molecule has 3 aromatic rings. The van der Waals surface area contributed by atoms with Gasteiger partial charge < -0.3 is 5.32 Å². The molecule has 1 aromatic heterocycles. The fourth-order valence-electron chi connectivity index (χ4n) is 3.11. The summed E-state index contributed by atoms with van der Waals surface area (Å²) in [6.45, 7) is 0. The molecule has 0 saturated heterocycles. The highest BCUT2D eigenvalue weighted by Crippen LogP contribution is 2.28. The Morgan fingerprint density at radius 2 is 2.00 bits per heavy atom. The zero-order chi connectivity index (χ0) is 19.0. The lowest BCUT2D eigenvalue weighted by Crippen LogP contribution is -2.27. The van der Waals surface area contributed by atoms with Gasteiger partial charge in [0.15, 0.2) is 0 Å². The van der Waals surface area contributed by atoms with Gasteiger partial charge >= 0.3 is 0 Å². The van der Waals surface area contributed by atoms with Crippen LogP contribution in [0, 0.1) is 0 Å². The molecule has 2 heterocycles. The highest BCUT2D eigenvalue weighted by atomic mass is 35.5. The number of amides is 1. The fourth-order valence-corrected chi connectivity index (χ4v) is 3.49. The molecule has 1 aliphatic heterocycles. The molecule has 5 nitrogen and oxygen atoms in total. The number of rotatable bonds is 3. The Bertz CT molecular complexity index is 1060. The van der Waals surface area contributed by atoms with Crippen molar-refractivity contribution in [1.29, 1.82) is 0 Å². The molecule has 1 aliphatic rings. The number of benzene rings is 2. The quantitative estimate of drug-likeness (QED) is 0.720. The third kappa shape index (κ3) is 3.61. The van der Waals surface area contributed by atoms with Gasteiger partial charge in [0, 0.05) is 40.8 Å². The van der Waals surface area contributed by atoms with Gasteiger partial charge in [0.1, 0.15) is 6.04 Å². The molecule has 1 unspecified atom stereocenters. The number of aliphatic imine (C=N–C) groups is 1. The van der Waals surface area contributed by atoms with Crippen molar-refractivity contribution in [3.05, 3.63) is 81.6 Å². The van der Waals surface area contributed by atoms with Crippen molar-refractivity contribution >= 4 is 40.5 Å². The van der Waals surface area contributed by atoms with E-state index in [4.69, 9.17) is 28.2 Å². The average molecular weight is 399 g/mol. The second-order valence-corrected chi connectivity index (χ2v) is 7.21. The Labute approximate surface area is 166 Å². The first-order chi connectivity index (χ1) is 13.0. The van der Waals surface area contributed by atoms with Crippen LogP contribution in [0.3, 0.4) is 0 Å². The van der Waals surface area contributed by atoms with Crippen LogP contribution in [0.4, 0.5) is 5.69 Å². The van der Waals surface area contributed by atoms with Crippen LogP contribution in [-0.4, -0.2) is 27.4 Å². The van der Waals surface area contributed by atoms with Crippen LogP contribution in [0.1, 0.15) is 16.7 Å². The van der Waals surface area contributed by atoms with Gasteiger partial charge in [-0.15, -0.1) is 0 Å². The Morgan fingerprint density at radius 1 is 1.19 bits per heavy atom. The number of carbonyl (C=O) groups is 1. The smallest absolute Gasteiger partial charge is 0.249 e. The second-order valence-electron chi connectivity index (χ2n) is 6.37. The first-order valence-corrected chi connectivity index (χ1v) is 9.18. The summed E-state index contributed by atoms with van der Waals surface area (Å²) >= 11 is 12.5. The van der Waals surface area contributed by atoms with Crippen LogP contribution in [-0.2, 0) is 18.3 Å². The van der Waals surface area contributed by atoms with E-state index in [2.05, 4.69) is 10.4 Å². The number of nitrogens with zero attached hydrogens (tertiary/aromatic N) is 3. The Hall–Kier alpha value is -2.63. The van der Waals surface area contributed by atoms with E-state index < -0.39 is 6.04 Å². The van der Waals surface area contributed by atoms with E-state index in [1.165, 1.54) is 0 Å². The molecule has 1 atom stereocenters. The molecule has 0 spiro atoms. The van der Waals surface area contributed by atoms with Crippen molar-refractivity contribution < 1.29 is 4.79 Å². The second kappa shape index (κ2) is 7.18. The molecular weight excluding hydrogens is 383 g/mol. The molecule has 27 heavy (non-hydrogen) atoms. The molecular formula is C20H16Cl2N4O. The monoisotopic (exact) mass is 398 g/mol. The summed E-state index contributed by atoms with van der Waals surface area (Å²) in [5.41, 5.74) is 3.81. The standard InChI is InChI=1S/C20H16Cl2N4O/c1-26-11-13(10-23-26)19-15-9-14(21)6-7-17(15)25-20(27)18(24-19)8-12-4-2-3-5-16(12)22/h2-7,9-11,18H,8H2,1H3,(H,25,27). The topological polar surface area (TPSA) is 59.3 Å². The first-order valence-electron chi connectivity index (χ1n) is 8.42. The van der Waals surface area contributed by atoms with Gasteiger partial charge in [-0.25, -0.2) is 0 Å². The summed E-state index contributed by atoms with van der Waals surface area (Å²) in [6.07, 6.45) is 3.99. The molecule has 0 radical (unpaired) electrons. The maximum Gasteiger partial charge on any atom is 0.249 e. The highest BCUT2D eigenvalue weighted by molar-refractivity contribution is 6.32. The summed E-state index contributed by atoms with van der Waals surface area (Å²) in [7, 11) is 1.84. The molecule has 0 aliphatic carbocycles. The van der Waals surface area contributed by atoms with Crippen molar-refractivity contribution in [3.8, 4) is 0 Å². The molecule has 2 aromatic carbocycles. The predicted molar refractivity (Wildman–Crippen MR) is 108 cm³/mol. The van der Waals surface area contributed by atoms with Crippen LogP contribution < -0.4 is 5.32 Å². The Kier molecular flexibility index (Phi) is 4.72. The van der Waals surface area contributed by atoms with Crippen LogP contribution >= 0.6 is 23.2 Å². The van der Waals surface area contributed by atoms with E-state index in [-0.39, 0.29) is 5.91 Å². The number of aromatic nitrogens is 2. The van der Waals surface area contributed by atoms with Crippen LogP contribution in [0.25, 0.3) is 0 Å². The van der Waals surface area contributed by atoms with Crippen LogP contribution in [0.15, 0.2) is 59.9 Å². The maximum absolute atomic E-state index is 12.8. The molecule has 0 fully saturated rings. The van der Waals surface area contributed by atoms with Crippen molar-refractivity contribution in [2.45, 2.75) is 12.5 Å². The van der Waals surface area contributed by atoms with E-state index in [1.807, 2.05) is 37.5 Å². The zero-order valence-corrected chi connectivity index (χ0v) is 16.0. The molecule has 136 valence electrons. The largest absolute Gasteiger partial charge is 0.324 e. The number of fused-ring (bicyclic) bond motifs is 1. The Balaban J connectivity index is 1.83. The van der Waals surface area contributed by atoms with Crippen molar-refractivity contribution in [2.24, 2.45) is 12.0 Å². The first kappa shape index (κ1) is 17.8. The van der Waals surface area contributed by atoms with Crippen molar-refractivity contribution in [2.75, 3.05) is 5.32 Å². The van der Waals surface area contributed by atoms with Gasteiger partial charge in [-0.2, -0.15) is 5.10 Å². The molecule has 4 rings (SSSR count). The number of hydrogen-bond donors (Lipinski definition) is 1. The lowest BCUT2D eigenvalue weighted by atomic mass is 10.0. The number of aryl methyl sites for hydroxylation is 1. The summed E-state index contributed by atoms with van der Waals surface area (Å²) in [5.74, 6) is -0.183. The van der Waals surface area contributed by atoms with Crippen molar-refractivity contribution in [3.63, 3.8) is 0 Å². The lowest BCUT2D eigenvalue weighted by molar-refractivity contribution is -0.117. The average Bonchev–Trinajstić information content (AvgIpc) is 3.02. The molecule has 1 amide bonds. The van der Waals surface area contributed by atoms with Gasteiger partial charge in [-0.1, -0.05) is 41.4 Å². The zero-order valence-electron chi connectivity index (χ0n) is 14.5. The SMILES string of the molecule is Cn1cc(C2=NC(Cc3ccccc3Cl)C(=O)Nc3ccc(Cl)cc32)cn1. The molecule has 1 N–H and O–H groups in total. The van der Waals surface area contributed by atoms with Gasteiger partial charge in [-0.05, 0) is 29.8 Å². The Morgan fingerprint density at radius 3 is 2.74 bits per heavy atom. The normalized spacial score (nSPS) is 16.3. The molecule has 0 bridgehead atoms. The van der Waals surface area contributed by atoms with Gasteiger partial charge in [0.25, 0.3) is 0 Å². The number of halogens is 2. The van der Waals surface area contributed by atoms with E-state index in [0.717, 1.165) is 16.7 Å². The number of benzodiazepines with no additional fused rings is 1. The van der Waals surface area contributed by atoms with E-state index in [9.17, 15) is 4.79 Å². The predicted octanol–water partition coefficient (Wildman–Crippen LogP) is 4.13. The third-order valence-electron chi connectivity index (χ3n) is 4.43. The summed E-state index contributed by atoms with van der Waals surface area (Å²) in [4.78, 5) is 17.6. The number of carbonyl (C=O) groups excluding carboxylic acids is 1. The molecule has 0 saturated carbocycles. The van der Waals surface area contributed by atoms with E-state index in [0.29, 0.717) is 27.9 Å². The molecule has 7 heteroatoms. The maximum atomic E-state index is 12.8. The van der Waals surface area contributed by atoms with Gasteiger partial charge in [-0.3, -0.25) is 14.5 Å². The summed E-state index contributed by atoms with van der Waals surface area (Å²) in [6, 6.07) is 12.2. The lowest BCUT2D eigenvalue weighted by Gasteiger charge is -2.12. The summed E-state index contributed by atoms with van der Waals surface area (Å²) in [5, 5.41) is 8.39. The minimum absolute atomic E-state index is 0.183. The van der Waals surface area contributed by atoms with E-state index in [1.54, 1.807) is 29.1 Å². The van der Waals surface area contributed by atoms with Gasteiger partial charge in [0.2, 0.25) is 5.91 Å². The third-order valence-corrected chi connectivity index (χ3v) is 5.04. The van der Waals surface area contributed by atoms with Crippen LogP contribution in [0.5, 0.6) is 0 Å². The number of nitrogens with one attached hydrogen (secondary N) is 1. The minimum Gasteiger partial charge on any atom is -0.324 e. The minimum atomic E-state index is -0.619. The number of anilines is 1.